The molecule has 0 saturated heterocycles. The number of hydrogen-bond acceptors (Lipinski definition) is 2. The quantitative estimate of drug-likeness (QED) is 0.185. The third-order valence-electron chi connectivity index (χ3n) is 9.26. The number of furan rings is 1. The van der Waals surface area contributed by atoms with Crippen LogP contribution in [0.3, 0.4) is 0 Å². The van der Waals surface area contributed by atoms with E-state index in [4.69, 9.17) is 4.42 Å². The van der Waals surface area contributed by atoms with Crippen molar-refractivity contribution < 1.29 is 4.42 Å². The zero-order chi connectivity index (χ0) is 31.9. The Labute approximate surface area is 279 Å². The topological polar surface area (TPSA) is 16.4 Å². The average Bonchev–Trinajstić information content (AvgIpc) is 3.55. The summed E-state index contributed by atoms with van der Waals surface area (Å²) in [6, 6.07) is 66.9. The molecule has 0 fully saturated rings. The van der Waals surface area contributed by atoms with Crippen molar-refractivity contribution >= 4 is 49.8 Å². The lowest BCUT2D eigenvalue weighted by Gasteiger charge is -2.26. The van der Waals surface area contributed by atoms with Crippen LogP contribution in [0, 0.1) is 0 Å². The standard InChI is InChI=1S/C46H31NO/c1-4-10-32(11-5-1)35-16-22-39(23-17-35)47(40-24-18-36(19-25-40)33-12-6-2-7-13-33)41-26-29-44-43(31-41)46-42-27-20-37(34-14-8-3-9-15-34)30-38(42)21-28-45(46)48-44/h1-31H. The predicted octanol–water partition coefficient (Wildman–Crippen LogP) is 13.2. The molecule has 8 aromatic carbocycles. The Balaban J connectivity index is 1.19. The largest absolute Gasteiger partial charge is 0.456 e. The highest BCUT2D eigenvalue weighted by molar-refractivity contribution is 6.19. The van der Waals surface area contributed by atoms with E-state index in [9.17, 15) is 0 Å². The van der Waals surface area contributed by atoms with Crippen LogP contribution in [0.15, 0.2) is 192 Å². The van der Waals surface area contributed by atoms with E-state index in [1.807, 2.05) is 0 Å². The zero-order valence-corrected chi connectivity index (χ0v) is 26.3. The third-order valence-corrected chi connectivity index (χ3v) is 9.26. The lowest BCUT2D eigenvalue weighted by Crippen LogP contribution is -2.09. The van der Waals surface area contributed by atoms with Crippen LogP contribution in [0.4, 0.5) is 17.1 Å². The first-order chi connectivity index (χ1) is 23.8. The molecule has 1 aromatic heterocycles. The monoisotopic (exact) mass is 613 g/mol. The van der Waals surface area contributed by atoms with Gasteiger partial charge < -0.3 is 9.32 Å². The molecule has 0 radical (unpaired) electrons. The maximum atomic E-state index is 6.43. The van der Waals surface area contributed by atoms with Crippen LogP contribution >= 0.6 is 0 Å². The van der Waals surface area contributed by atoms with Gasteiger partial charge in [-0.15, -0.1) is 0 Å². The molecule has 0 unspecified atom stereocenters. The lowest BCUT2D eigenvalue weighted by atomic mass is 9.98. The second-order valence-electron chi connectivity index (χ2n) is 12.2. The molecular weight excluding hydrogens is 583 g/mol. The summed E-state index contributed by atoms with van der Waals surface area (Å²) in [5.74, 6) is 0. The highest BCUT2D eigenvalue weighted by Crippen LogP contribution is 2.42. The number of nitrogens with zero attached hydrogens (tertiary/aromatic N) is 1. The lowest BCUT2D eigenvalue weighted by molar-refractivity contribution is 0.669. The van der Waals surface area contributed by atoms with Gasteiger partial charge in [-0.1, -0.05) is 133 Å². The molecule has 1 heterocycles. The molecular formula is C46H31NO. The molecule has 226 valence electrons. The average molecular weight is 614 g/mol. The number of hydrogen-bond donors (Lipinski definition) is 0. The van der Waals surface area contributed by atoms with E-state index in [1.165, 1.54) is 44.2 Å². The zero-order valence-electron chi connectivity index (χ0n) is 26.3. The Hall–Kier alpha value is -6.38. The molecule has 0 spiro atoms. The van der Waals surface area contributed by atoms with Crippen molar-refractivity contribution in [3.63, 3.8) is 0 Å². The number of benzene rings is 8. The summed E-state index contributed by atoms with van der Waals surface area (Å²) in [4.78, 5) is 2.33. The molecule has 9 aromatic rings. The Morgan fingerprint density at radius 3 is 1.33 bits per heavy atom. The summed E-state index contributed by atoms with van der Waals surface area (Å²) in [5.41, 5.74) is 12.2. The molecule has 0 saturated carbocycles. The van der Waals surface area contributed by atoms with Crippen LogP contribution in [0.25, 0.3) is 66.1 Å². The molecule has 0 aliphatic heterocycles. The minimum absolute atomic E-state index is 0.882. The van der Waals surface area contributed by atoms with Gasteiger partial charge in [0.2, 0.25) is 0 Å². The van der Waals surface area contributed by atoms with Crippen molar-refractivity contribution in [3.8, 4) is 33.4 Å². The van der Waals surface area contributed by atoms with Crippen LogP contribution in [0.1, 0.15) is 0 Å². The van der Waals surface area contributed by atoms with E-state index in [-0.39, 0.29) is 0 Å². The fourth-order valence-corrected chi connectivity index (χ4v) is 6.86. The Bertz CT molecular complexity index is 2430. The van der Waals surface area contributed by atoms with Gasteiger partial charge in [0.15, 0.2) is 0 Å². The molecule has 2 heteroatoms. The number of anilines is 3. The summed E-state index contributed by atoms with van der Waals surface area (Å²) < 4.78 is 6.43. The normalized spacial score (nSPS) is 11.3. The van der Waals surface area contributed by atoms with Gasteiger partial charge in [-0.05, 0) is 98.8 Å². The predicted molar refractivity (Wildman–Crippen MR) is 202 cm³/mol. The molecule has 0 bridgehead atoms. The van der Waals surface area contributed by atoms with Gasteiger partial charge >= 0.3 is 0 Å². The third kappa shape index (κ3) is 5.01. The first kappa shape index (κ1) is 27.9. The van der Waals surface area contributed by atoms with Crippen molar-refractivity contribution in [1.82, 2.24) is 0 Å². The Morgan fingerprint density at radius 1 is 0.312 bits per heavy atom. The van der Waals surface area contributed by atoms with E-state index in [2.05, 4.69) is 193 Å². The van der Waals surface area contributed by atoms with Crippen molar-refractivity contribution in [2.75, 3.05) is 4.90 Å². The first-order valence-electron chi connectivity index (χ1n) is 16.3. The maximum absolute atomic E-state index is 6.43. The van der Waals surface area contributed by atoms with Gasteiger partial charge in [-0.3, -0.25) is 0 Å². The molecule has 0 atom stereocenters. The summed E-state index contributed by atoms with van der Waals surface area (Å²) >= 11 is 0. The first-order valence-corrected chi connectivity index (χ1v) is 16.3. The maximum Gasteiger partial charge on any atom is 0.136 e. The van der Waals surface area contributed by atoms with E-state index in [1.54, 1.807) is 0 Å². The molecule has 0 amide bonds. The molecule has 9 rings (SSSR count). The highest BCUT2D eigenvalue weighted by Gasteiger charge is 2.17. The second-order valence-corrected chi connectivity index (χ2v) is 12.2. The summed E-state index contributed by atoms with van der Waals surface area (Å²) in [7, 11) is 0. The SMILES string of the molecule is c1ccc(-c2ccc(N(c3ccc(-c4ccccc4)cc3)c3ccc4oc5ccc6cc(-c7ccccc7)ccc6c5c4c3)cc2)cc1. The molecule has 0 aliphatic rings. The minimum atomic E-state index is 0.882. The molecule has 0 N–H and O–H groups in total. The molecule has 0 aliphatic carbocycles. The van der Waals surface area contributed by atoms with E-state index in [0.717, 1.165) is 39.0 Å². The van der Waals surface area contributed by atoms with Crippen molar-refractivity contribution in [3.05, 3.63) is 188 Å². The van der Waals surface area contributed by atoms with Crippen LogP contribution in [-0.4, -0.2) is 0 Å². The smallest absolute Gasteiger partial charge is 0.136 e. The van der Waals surface area contributed by atoms with Crippen LogP contribution < -0.4 is 4.90 Å². The van der Waals surface area contributed by atoms with Crippen molar-refractivity contribution in [2.45, 2.75) is 0 Å². The van der Waals surface area contributed by atoms with Gasteiger partial charge in [0.05, 0.1) is 0 Å². The van der Waals surface area contributed by atoms with Gasteiger partial charge in [-0.2, -0.15) is 0 Å². The fourth-order valence-electron chi connectivity index (χ4n) is 6.86. The Kier molecular flexibility index (Phi) is 6.84. The summed E-state index contributed by atoms with van der Waals surface area (Å²) in [6.45, 7) is 0. The van der Waals surface area contributed by atoms with E-state index >= 15 is 0 Å². The van der Waals surface area contributed by atoms with Crippen LogP contribution in [0.5, 0.6) is 0 Å². The highest BCUT2D eigenvalue weighted by atomic mass is 16.3. The van der Waals surface area contributed by atoms with E-state index in [0.29, 0.717) is 0 Å². The Morgan fingerprint density at radius 2 is 0.771 bits per heavy atom. The number of rotatable bonds is 6. The molecule has 2 nitrogen and oxygen atoms in total. The van der Waals surface area contributed by atoms with Crippen molar-refractivity contribution in [1.29, 1.82) is 0 Å². The fraction of sp³-hybridized carbons (Fsp3) is 0. The van der Waals surface area contributed by atoms with E-state index < -0.39 is 0 Å². The molecule has 48 heavy (non-hydrogen) atoms. The summed E-state index contributed by atoms with van der Waals surface area (Å²) in [5, 5.41) is 4.63. The number of fused-ring (bicyclic) bond motifs is 5. The van der Waals surface area contributed by atoms with Crippen molar-refractivity contribution in [2.24, 2.45) is 0 Å². The minimum Gasteiger partial charge on any atom is -0.456 e. The van der Waals surface area contributed by atoms with Gasteiger partial charge in [0.25, 0.3) is 0 Å². The second kappa shape index (κ2) is 11.8. The van der Waals surface area contributed by atoms with Gasteiger partial charge in [0.1, 0.15) is 11.2 Å². The van der Waals surface area contributed by atoms with Gasteiger partial charge in [0, 0.05) is 27.8 Å². The summed E-state index contributed by atoms with van der Waals surface area (Å²) in [6.07, 6.45) is 0. The van der Waals surface area contributed by atoms with Crippen LogP contribution in [0.2, 0.25) is 0 Å². The van der Waals surface area contributed by atoms with Gasteiger partial charge in [-0.25, -0.2) is 0 Å². The van der Waals surface area contributed by atoms with Crippen LogP contribution in [-0.2, 0) is 0 Å².